The summed E-state index contributed by atoms with van der Waals surface area (Å²) in [5, 5.41) is 3.96. The van der Waals surface area contributed by atoms with Crippen molar-refractivity contribution in [3.63, 3.8) is 0 Å². The molecule has 1 aromatic heterocycles. The fourth-order valence-corrected chi connectivity index (χ4v) is 3.80. The van der Waals surface area contributed by atoms with Crippen molar-refractivity contribution in [2.24, 2.45) is 0 Å². The largest absolute Gasteiger partial charge is 0.374 e. The van der Waals surface area contributed by atoms with Gasteiger partial charge in [-0.3, -0.25) is 4.79 Å². The summed E-state index contributed by atoms with van der Waals surface area (Å²) in [5.41, 5.74) is 1.74. The molecular weight excluding hydrogens is 282 g/mol. The maximum Gasteiger partial charge on any atom is 0.242 e. The molecule has 0 radical (unpaired) electrons. The topological polar surface area (TPSA) is 58.8 Å². The number of aromatic nitrogens is 1. The zero-order chi connectivity index (χ0) is 15.7. The van der Waals surface area contributed by atoms with Gasteiger partial charge in [-0.2, -0.15) is 0 Å². The number of ether oxygens (including phenoxy) is 1. The number of amides is 1. The van der Waals surface area contributed by atoms with Crippen molar-refractivity contribution in [2.45, 2.75) is 51.7 Å². The van der Waals surface area contributed by atoms with Crippen LogP contribution in [0.1, 0.15) is 37.1 Å². The highest BCUT2D eigenvalue weighted by molar-refractivity contribution is 5.82. The third-order valence-electron chi connectivity index (χ3n) is 4.80. The van der Waals surface area contributed by atoms with Crippen molar-refractivity contribution >= 4 is 11.6 Å². The lowest BCUT2D eigenvalue weighted by molar-refractivity contribution is -0.148. The Hall–Kier alpha value is -1.56. The van der Waals surface area contributed by atoms with E-state index in [0.29, 0.717) is 19.7 Å². The number of fused-ring (bicyclic) bond motifs is 1. The molecule has 1 amide bonds. The fraction of sp³-hybridized carbons (Fsp3) is 0.750. The molecule has 0 spiro atoms. The lowest BCUT2D eigenvalue weighted by Crippen LogP contribution is -2.56. The SMILES string of the molecule is Cc1noc(C)c1N(C)CC(=O)N1CCO[C@@H]2CCCC[C@H]21. The summed E-state index contributed by atoms with van der Waals surface area (Å²) < 4.78 is 11.0. The minimum Gasteiger partial charge on any atom is -0.374 e. The van der Waals surface area contributed by atoms with E-state index in [4.69, 9.17) is 9.26 Å². The lowest BCUT2D eigenvalue weighted by Gasteiger charge is -2.44. The summed E-state index contributed by atoms with van der Waals surface area (Å²) in [6, 6.07) is 0.257. The first-order valence-corrected chi connectivity index (χ1v) is 8.13. The van der Waals surface area contributed by atoms with Gasteiger partial charge in [0.05, 0.1) is 25.3 Å². The van der Waals surface area contributed by atoms with Crippen molar-refractivity contribution in [1.82, 2.24) is 10.1 Å². The Kier molecular flexibility index (Phi) is 4.38. The number of nitrogens with zero attached hydrogens (tertiary/aromatic N) is 3. The van der Waals surface area contributed by atoms with Crippen LogP contribution in [0.3, 0.4) is 0 Å². The van der Waals surface area contributed by atoms with Crippen LogP contribution in [0, 0.1) is 13.8 Å². The van der Waals surface area contributed by atoms with Gasteiger partial charge in [-0.25, -0.2) is 0 Å². The second kappa shape index (κ2) is 6.28. The molecule has 1 aliphatic heterocycles. The average Bonchev–Trinajstić information content (AvgIpc) is 2.85. The Morgan fingerprint density at radius 3 is 2.86 bits per heavy atom. The Balaban J connectivity index is 1.68. The van der Waals surface area contributed by atoms with E-state index >= 15 is 0 Å². The molecule has 22 heavy (non-hydrogen) atoms. The van der Waals surface area contributed by atoms with Crippen molar-refractivity contribution in [1.29, 1.82) is 0 Å². The summed E-state index contributed by atoms with van der Waals surface area (Å²) >= 11 is 0. The first kappa shape index (κ1) is 15.3. The molecule has 1 saturated carbocycles. The first-order valence-electron chi connectivity index (χ1n) is 8.13. The van der Waals surface area contributed by atoms with Crippen LogP contribution < -0.4 is 4.90 Å². The van der Waals surface area contributed by atoms with Gasteiger partial charge in [0.2, 0.25) is 5.91 Å². The van der Waals surface area contributed by atoms with Crippen LogP contribution in [0.4, 0.5) is 5.69 Å². The van der Waals surface area contributed by atoms with Gasteiger partial charge in [-0.1, -0.05) is 18.0 Å². The smallest absolute Gasteiger partial charge is 0.242 e. The summed E-state index contributed by atoms with van der Waals surface area (Å²) in [4.78, 5) is 16.7. The Morgan fingerprint density at radius 2 is 2.14 bits per heavy atom. The van der Waals surface area contributed by atoms with E-state index in [1.54, 1.807) is 0 Å². The number of carbonyl (C=O) groups excluding carboxylic acids is 1. The zero-order valence-corrected chi connectivity index (χ0v) is 13.7. The van der Waals surface area contributed by atoms with Gasteiger partial charge in [0.15, 0.2) is 5.76 Å². The molecule has 2 atom stereocenters. The quantitative estimate of drug-likeness (QED) is 0.853. The molecule has 1 aromatic rings. The molecule has 2 heterocycles. The van der Waals surface area contributed by atoms with E-state index in [1.165, 1.54) is 12.8 Å². The Bertz CT molecular complexity index is 521. The number of carbonyl (C=O) groups is 1. The molecular formula is C16H25N3O3. The van der Waals surface area contributed by atoms with Crippen LogP contribution in [0.15, 0.2) is 4.52 Å². The van der Waals surface area contributed by atoms with Crippen molar-refractivity contribution < 1.29 is 14.1 Å². The molecule has 3 rings (SSSR count). The second-order valence-electron chi connectivity index (χ2n) is 6.38. The summed E-state index contributed by atoms with van der Waals surface area (Å²) in [6.07, 6.45) is 4.77. The number of hydrogen-bond donors (Lipinski definition) is 0. The maximum absolute atomic E-state index is 12.8. The van der Waals surface area contributed by atoms with Gasteiger partial charge in [0.1, 0.15) is 11.4 Å². The van der Waals surface area contributed by atoms with Crippen LogP contribution in [-0.2, 0) is 9.53 Å². The van der Waals surface area contributed by atoms with Crippen LogP contribution in [0.25, 0.3) is 0 Å². The highest BCUT2D eigenvalue weighted by atomic mass is 16.5. The summed E-state index contributed by atoms with van der Waals surface area (Å²) in [6.45, 7) is 5.49. The number of likely N-dealkylation sites (N-methyl/N-ethyl adjacent to an activating group) is 1. The third kappa shape index (κ3) is 2.84. The highest BCUT2D eigenvalue weighted by Crippen LogP contribution is 2.29. The van der Waals surface area contributed by atoms with Gasteiger partial charge in [0.25, 0.3) is 0 Å². The van der Waals surface area contributed by atoms with Crippen molar-refractivity contribution in [3.05, 3.63) is 11.5 Å². The molecule has 0 aromatic carbocycles. The Labute approximate surface area is 131 Å². The highest BCUT2D eigenvalue weighted by Gasteiger charge is 2.36. The molecule has 122 valence electrons. The van der Waals surface area contributed by atoms with Crippen LogP contribution in [-0.4, -0.2) is 54.9 Å². The molecule has 1 aliphatic carbocycles. The molecule has 6 heteroatoms. The molecule has 1 saturated heterocycles. The predicted molar refractivity (Wildman–Crippen MR) is 83.0 cm³/mol. The van der Waals surface area contributed by atoms with E-state index < -0.39 is 0 Å². The average molecular weight is 307 g/mol. The van der Waals surface area contributed by atoms with E-state index in [-0.39, 0.29) is 18.1 Å². The predicted octanol–water partition coefficient (Wildman–Crippen LogP) is 1.90. The molecule has 6 nitrogen and oxygen atoms in total. The number of aryl methyl sites for hydroxylation is 2. The van der Waals surface area contributed by atoms with Crippen LogP contribution >= 0.6 is 0 Å². The number of morpholine rings is 1. The van der Waals surface area contributed by atoms with E-state index in [1.807, 2.05) is 30.7 Å². The lowest BCUT2D eigenvalue weighted by atomic mass is 9.90. The second-order valence-corrected chi connectivity index (χ2v) is 6.38. The normalized spacial score (nSPS) is 25.0. The van der Waals surface area contributed by atoms with Gasteiger partial charge in [-0.05, 0) is 26.7 Å². The summed E-state index contributed by atoms with van der Waals surface area (Å²) in [7, 11) is 1.92. The monoisotopic (exact) mass is 307 g/mol. The molecule has 2 fully saturated rings. The van der Waals surface area contributed by atoms with E-state index in [0.717, 1.165) is 30.0 Å². The number of rotatable bonds is 3. The number of anilines is 1. The van der Waals surface area contributed by atoms with Gasteiger partial charge >= 0.3 is 0 Å². The standard InChI is InChI=1S/C16H25N3O3/c1-11-16(12(2)22-17-11)18(3)10-15(20)19-8-9-21-14-7-5-4-6-13(14)19/h13-14H,4-10H2,1-3H3/t13-,14-/m1/s1. The molecule has 0 bridgehead atoms. The van der Waals surface area contributed by atoms with Crippen LogP contribution in [0.2, 0.25) is 0 Å². The Morgan fingerprint density at radius 1 is 1.36 bits per heavy atom. The minimum atomic E-state index is 0.169. The molecule has 2 aliphatic rings. The molecule has 0 N–H and O–H groups in total. The fourth-order valence-electron chi connectivity index (χ4n) is 3.80. The van der Waals surface area contributed by atoms with E-state index in [2.05, 4.69) is 5.16 Å². The van der Waals surface area contributed by atoms with Gasteiger partial charge < -0.3 is 19.1 Å². The van der Waals surface area contributed by atoms with Crippen molar-refractivity contribution in [2.75, 3.05) is 31.6 Å². The van der Waals surface area contributed by atoms with Gasteiger partial charge in [0, 0.05) is 13.6 Å². The molecule has 0 unspecified atom stereocenters. The van der Waals surface area contributed by atoms with Gasteiger partial charge in [-0.15, -0.1) is 0 Å². The zero-order valence-electron chi connectivity index (χ0n) is 13.7. The minimum absolute atomic E-state index is 0.169. The summed E-state index contributed by atoms with van der Waals surface area (Å²) in [5.74, 6) is 0.924. The van der Waals surface area contributed by atoms with E-state index in [9.17, 15) is 4.79 Å². The third-order valence-corrected chi connectivity index (χ3v) is 4.80. The van der Waals surface area contributed by atoms with Crippen LogP contribution in [0.5, 0.6) is 0 Å². The maximum atomic E-state index is 12.8. The van der Waals surface area contributed by atoms with Crippen molar-refractivity contribution in [3.8, 4) is 0 Å². The first-order chi connectivity index (χ1) is 10.6. The number of hydrogen-bond acceptors (Lipinski definition) is 5.